The highest BCUT2D eigenvalue weighted by Gasteiger charge is 2.32. The molecule has 0 aliphatic carbocycles. The van der Waals surface area contributed by atoms with Gasteiger partial charge in [0.05, 0.1) is 29.6 Å². The van der Waals surface area contributed by atoms with Gasteiger partial charge in [0, 0.05) is 30.9 Å². The van der Waals surface area contributed by atoms with Crippen molar-refractivity contribution in [3.05, 3.63) is 35.5 Å². The minimum Gasteiger partial charge on any atom is -0.390 e. The van der Waals surface area contributed by atoms with Crippen molar-refractivity contribution in [2.45, 2.75) is 52.3 Å². The summed E-state index contributed by atoms with van der Waals surface area (Å²) < 4.78 is 41.7. The molecule has 2 atom stereocenters. The lowest BCUT2D eigenvalue weighted by atomic mass is 10.0. The number of hydrogen-bond acceptors (Lipinski definition) is 7. The first-order valence-electron chi connectivity index (χ1n) is 10.9. The van der Waals surface area contributed by atoms with Crippen LogP contribution in [-0.2, 0) is 10.0 Å². The van der Waals surface area contributed by atoms with Crippen molar-refractivity contribution >= 4 is 27.0 Å². The van der Waals surface area contributed by atoms with E-state index in [0.717, 1.165) is 17.6 Å². The van der Waals surface area contributed by atoms with Gasteiger partial charge in [-0.05, 0) is 51.8 Å². The summed E-state index contributed by atoms with van der Waals surface area (Å²) in [6, 6.07) is 3.03. The average Bonchev–Trinajstić information content (AvgIpc) is 3.06. The van der Waals surface area contributed by atoms with Crippen LogP contribution in [0.15, 0.2) is 18.3 Å². The number of piperidine rings is 1. The van der Waals surface area contributed by atoms with Gasteiger partial charge in [0.15, 0.2) is 5.82 Å². The van der Waals surface area contributed by atoms with Gasteiger partial charge in [0.1, 0.15) is 11.3 Å². The maximum Gasteiger partial charge on any atom is 0.223 e. The summed E-state index contributed by atoms with van der Waals surface area (Å²) in [4.78, 5) is 13.3. The molecule has 2 N–H and O–H groups in total. The molecule has 9 nitrogen and oxygen atoms in total. The Bertz CT molecular complexity index is 1310. The van der Waals surface area contributed by atoms with Gasteiger partial charge >= 0.3 is 0 Å². The van der Waals surface area contributed by atoms with Gasteiger partial charge in [0.25, 0.3) is 0 Å². The van der Waals surface area contributed by atoms with Gasteiger partial charge in [-0.1, -0.05) is 0 Å². The highest BCUT2D eigenvalue weighted by atomic mass is 32.2. The third-order valence-electron chi connectivity index (χ3n) is 6.01. The van der Waals surface area contributed by atoms with Gasteiger partial charge in [-0.25, -0.2) is 27.8 Å². The lowest BCUT2D eigenvalue weighted by molar-refractivity contribution is 0.0950. The number of aliphatic hydroxyl groups is 1. The molecule has 0 spiro atoms. The van der Waals surface area contributed by atoms with Gasteiger partial charge < -0.3 is 15.0 Å². The van der Waals surface area contributed by atoms with Crippen LogP contribution < -0.4 is 5.32 Å². The summed E-state index contributed by atoms with van der Waals surface area (Å²) in [6.07, 6.45) is 2.29. The van der Waals surface area contributed by atoms with E-state index in [1.54, 1.807) is 6.20 Å². The zero-order valence-corrected chi connectivity index (χ0v) is 20.2. The molecule has 0 bridgehead atoms. The quantitative estimate of drug-likeness (QED) is 0.582. The Morgan fingerprint density at radius 1 is 1.24 bits per heavy atom. The standard InChI is InChI=1S/C22H29FN6O3S/c1-12(2)29-14(4)25-21-16(23)8-15(9-18(21)29)20-13(3)10-24-22(27-20)26-17-6-7-28(11-19(17)30)33(5,31)32/h8-10,12,17,19,30H,6-7,11H2,1-5H3,(H,24,26,27)/t17-,19-/m1/s1. The number of sulfonamides is 1. The van der Waals surface area contributed by atoms with Crippen molar-refractivity contribution in [2.75, 3.05) is 24.7 Å². The summed E-state index contributed by atoms with van der Waals surface area (Å²) in [5, 5.41) is 13.6. The number of imidazole rings is 1. The van der Waals surface area contributed by atoms with Crippen molar-refractivity contribution in [3.63, 3.8) is 0 Å². The number of nitrogens with one attached hydrogen (secondary N) is 1. The summed E-state index contributed by atoms with van der Waals surface area (Å²) in [5.74, 6) is 0.620. The van der Waals surface area contributed by atoms with Crippen LogP contribution in [0, 0.1) is 19.7 Å². The topological polar surface area (TPSA) is 113 Å². The maximum absolute atomic E-state index is 15.0. The van der Waals surface area contributed by atoms with Crippen LogP contribution in [0.2, 0.25) is 0 Å². The minimum absolute atomic E-state index is 0.00956. The van der Waals surface area contributed by atoms with E-state index in [1.807, 2.05) is 38.3 Å². The number of rotatable bonds is 5. The fourth-order valence-corrected chi connectivity index (χ4v) is 5.26. The normalized spacial score (nSPS) is 20.0. The molecule has 1 fully saturated rings. The van der Waals surface area contributed by atoms with E-state index in [2.05, 4.69) is 20.3 Å². The first-order valence-corrected chi connectivity index (χ1v) is 12.7. The number of anilines is 1. The third-order valence-corrected chi connectivity index (χ3v) is 7.28. The number of aliphatic hydroxyl groups excluding tert-OH is 1. The Morgan fingerprint density at radius 2 is 1.97 bits per heavy atom. The number of nitrogens with zero attached hydrogens (tertiary/aromatic N) is 5. The van der Waals surface area contributed by atoms with Crippen molar-refractivity contribution in [2.24, 2.45) is 0 Å². The van der Waals surface area contributed by atoms with E-state index >= 15 is 0 Å². The summed E-state index contributed by atoms with van der Waals surface area (Å²) in [6.45, 7) is 8.07. The Hall–Kier alpha value is -2.63. The lowest BCUT2D eigenvalue weighted by Gasteiger charge is -2.34. The van der Waals surface area contributed by atoms with E-state index in [0.29, 0.717) is 41.2 Å². The number of aromatic nitrogens is 4. The first-order chi connectivity index (χ1) is 15.5. The van der Waals surface area contributed by atoms with Crippen LogP contribution in [0.5, 0.6) is 0 Å². The fourth-order valence-electron chi connectivity index (χ4n) is 4.40. The molecule has 0 amide bonds. The average molecular weight is 477 g/mol. The molecule has 1 aliphatic heterocycles. The molecule has 0 radical (unpaired) electrons. The molecule has 1 aromatic carbocycles. The largest absolute Gasteiger partial charge is 0.390 e. The van der Waals surface area contributed by atoms with Crippen LogP contribution in [0.3, 0.4) is 0 Å². The van der Waals surface area contributed by atoms with Crippen molar-refractivity contribution in [3.8, 4) is 11.3 Å². The molecule has 0 saturated carbocycles. The number of fused-ring (bicyclic) bond motifs is 1. The lowest BCUT2D eigenvalue weighted by Crippen LogP contribution is -2.51. The second kappa shape index (κ2) is 8.62. The van der Waals surface area contributed by atoms with Crippen LogP contribution in [0.25, 0.3) is 22.3 Å². The zero-order chi connectivity index (χ0) is 24.1. The van der Waals surface area contributed by atoms with Crippen molar-refractivity contribution < 1.29 is 17.9 Å². The van der Waals surface area contributed by atoms with E-state index in [4.69, 9.17) is 0 Å². The number of halogens is 1. The molecule has 11 heteroatoms. The molecule has 4 rings (SSSR count). The second-order valence-corrected chi connectivity index (χ2v) is 10.9. The molecule has 1 aliphatic rings. The molecule has 3 aromatic rings. The number of β-amino-alcohol motifs (C(OH)–C–C–N with tert-alkyl or cyclic N) is 1. The number of hydrogen-bond donors (Lipinski definition) is 2. The minimum atomic E-state index is -3.36. The van der Waals surface area contributed by atoms with E-state index in [-0.39, 0.29) is 12.6 Å². The SMILES string of the molecule is Cc1cnc(N[C@@H]2CCN(S(C)(=O)=O)C[C@H]2O)nc1-c1cc(F)c2nc(C)n(C(C)C)c2c1. The Balaban J connectivity index is 1.66. The Kier molecular flexibility index (Phi) is 6.14. The van der Waals surface area contributed by atoms with Crippen LogP contribution in [0.4, 0.5) is 10.3 Å². The smallest absolute Gasteiger partial charge is 0.223 e. The fraction of sp³-hybridized carbons (Fsp3) is 0.500. The van der Waals surface area contributed by atoms with Crippen molar-refractivity contribution in [1.29, 1.82) is 0 Å². The molecule has 3 heterocycles. The predicted octanol–water partition coefficient (Wildman–Crippen LogP) is 2.64. The molecule has 33 heavy (non-hydrogen) atoms. The van der Waals surface area contributed by atoms with Crippen LogP contribution >= 0.6 is 0 Å². The van der Waals surface area contributed by atoms with Crippen LogP contribution in [-0.4, -0.2) is 68.8 Å². The predicted molar refractivity (Wildman–Crippen MR) is 125 cm³/mol. The van der Waals surface area contributed by atoms with Crippen molar-refractivity contribution in [1.82, 2.24) is 23.8 Å². The van der Waals surface area contributed by atoms with Gasteiger partial charge in [-0.15, -0.1) is 0 Å². The highest BCUT2D eigenvalue weighted by Crippen LogP contribution is 2.30. The number of benzene rings is 1. The Labute approximate surface area is 192 Å². The molecule has 178 valence electrons. The molecule has 0 unspecified atom stereocenters. The first kappa shape index (κ1) is 23.5. The second-order valence-electron chi connectivity index (χ2n) is 8.90. The van der Waals surface area contributed by atoms with Gasteiger partial charge in [-0.3, -0.25) is 0 Å². The van der Waals surface area contributed by atoms with Gasteiger partial charge in [0.2, 0.25) is 16.0 Å². The highest BCUT2D eigenvalue weighted by molar-refractivity contribution is 7.88. The van der Waals surface area contributed by atoms with E-state index in [1.165, 1.54) is 10.4 Å². The summed E-state index contributed by atoms with van der Waals surface area (Å²) in [5.41, 5.74) is 2.99. The summed E-state index contributed by atoms with van der Waals surface area (Å²) in [7, 11) is -3.36. The van der Waals surface area contributed by atoms with Crippen LogP contribution in [0.1, 0.15) is 37.7 Å². The molecular weight excluding hydrogens is 447 g/mol. The third kappa shape index (κ3) is 4.57. The van der Waals surface area contributed by atoms with E-state index < -0.39 is 28.0 Å². The molecule has 1 saturated heterocycles. The Morgan fingerprint density at radius 3 is 2.61 bits per heavy atom. The summed E-state index contributed by atoms with van der Waals surface area (Å²) >= 11 is 0. The molecule has 2 aromatic heterocycles. The molecular formula is C22H29FN6O3S. The van der Waals surface area contributed by atoms with E-state index in [9.17, 15) is 17.9 Å². The maximum atomic E-state index is 15.0. The monoisotopic (exact) mass is 476 g/mol. The number of aryl methyl sites for hydroxylation is 2. The zero-order valence-electron chi connectivity index (χ0n) is 19.4. The van der Waals surface area contributed by atoms with Gasteiger partial charge in [-0.2, -0.15) is 4.31 Å².